The van der Waals surface area contributed by atoms with Gasteiger partial charge in [0.1, 0.15) is 5.82 Å². The predicted molar refractivity (Wildman–Crippen MR) is 90.3 cm³/mol. The average Bonchev–Trinajstić information content (AvgIpc) is 2.94. The smallest absolute Gasteiger partial charge is 0.123 e. The van der Waals surface area contributed by atoms with E-state index >= 15 is 0 Å². The van der Waals surface area contributed by atoms with Crippen LogP contribution in [-0.4, -0.2) is 25.2 Å². The number of hydrogen-bond acceptors (Lipinski definition) is 2. The van der Waals surface area contributed by atoms with Gasteiger partial charge in [0, 0.05) is 18.6 Å². The minimum Gasteiger partial charge on any atom is -0.315 e. The highest BCUT2D eigenvalue weighted by molar-refractivity contribution is 5.85. The Hall–Kier alpha value is -0.350. The zero-order valence-corrected chi connectivity index (χ0v) is 13.8. The average molecular weight is 335 g/mol. The van der Waals surface area contributed by atoms with Gasteiger partial charge in [0.05, 0.1) is 0 Å². The lowest BCUT2D eigenvalue weighted by Gasteiger charge is -2.31. The molecule has 1 aliphatic heterocycles. The quantitative estimate of drug-likeness (QED) is 0.881. The zero-order valence-electron chi connectivity index (χ0n) is 12.2. The zero-order chi connectivity index (χ0) is 13.1. The molecule has 0 aromatic heterocycles. The highest BCUT2D eigenvalue weighted by Crippen LogP contribution is 2.33. The molecule has 0 spiro atoms. The molecule has 0 amide bonds. The van der Waals surface area contributed by atoms with Crippen LogP contribution >= 0.6 is 24.8 Å². The Balaban J connectivity index is 0.00000110. The van der Waals surface area contributed by atoms with E-state index in [9.17, 15) is 4.39 Å². The molecule has 3 rings (SSSR count). The van der Waals surface area contributed by atoms with Crippen molar-refractivity contribution < 1.29 is 4.39 Å². The predicted octanol–water partition coefficient (Wildman–Crippen LogP) is 3.65. The first-order chi connectivity index (χ1) is 9.31. The largest absolute Gasteiger partial charge is 0.315 e. The summed E-state index contributed by atoms with van der Waals surface area (Å²) in [5.74, 6) is 0.494. The van der Waals surface area contributed by atoms with Crippen LogP contribution in [-0.2, 0) is 0 Å². The molecular formula is C16H25Cl2FN2. The molecule has 1 saturated carbocycles. The fraction of sp³-hybridized carbons (Fsp3) is 0.625. The van der Waals surface area contributed by atoms with Gasteiger partial charge in [-0.2, -0.15) is 0 Å². The van der Waals surface area contributed by atoms with Crippen LogP contribution in [0.5, 0.6) is 0 Å². The Morgan fingerprint density at radius 1 is 0.905 bits per heavy atom. The maximum Gasteiger partial charge on any atom is 0.123 e. The molecule has 21 heavy (non-hydrogen) atoms. The van der Waals surface area contributed by atoms with Crippen LogP contribution in [0.4, 0.5) is 4.39 Å². The summed E-state index contributed by atoms with van der Waals surface area (Å²) in [6.07, 6.45) is 6.21. The van der Waals surface area contributed by atoms with E-state index < -0.39 is 0 Å². The summed E-state index contributed by atoms with van der Waals surface area (Å²) in [4.78, 5) is 0. The summed E-state index contributed by atoms with van der Waals surface area (Å²) in [6.45, 7) is 2.28. The lowest BCUT2D eigenvalue weighted by molar-refractivity contribution is 0.319. The van der Waals surface area contributed by atoms with E-state index in [0.717, 1.165) is 13.1 Å². The molecule has 5 heteroatoms. The molecule has 1 aromatic carbocycles. The molecule has 2 nitrogen and oxygen atoms in total. The van der Waals surface area contributed by atoms with Gasteiger partial charge in [0.15, 0.2) is 0 Å². The molecule has 2 N–H and O–H groups in total. The van der Waals surface area contributed by atoms with Crippen LogP contribution in [0.15, 0.2) is 24.3 Å². The fourth-order valence-electron chi connectivity index (χ4n) is 3.46. The summed E-state index contributed by atoms with van der Waals surface area (Å²) < 4.78 is 12.9. The number of benzene rings is 1. The number of hydrogen-bond donors (Lipinski definition) is 2. The third kappa shape index (κ3) is 5.10. The van der Waals surface area contributed by atoms with Crippen molar-refractivity contribution in [2.45, 2.75) is 50.1 Å². The van der Waals surface area contributed by atoms with Crippen molar-refractivity contribution in [1.29, 1.82) is 0 Å². The van der Waals surface area contributed by atoms with Crippen molar-refractivity contribution in [3.63, 3.8) is 0 Å². The lowest BCUT2D eigenvalue weighted by atomic mass is 9.81. The molecule has 1 heterocycles. The Morgan fingerprint density at radius 2 is 1.57 bits per heavy atom. The molecule has 0 radical (unpaired) electrons. The first kappa shape index (κ1) is 18.7. The standard InChI is InChI=1S/C16H23FN2.2ClH/c17-14-5-1-12(2-6-14)13-3-7-15(8-4-13)19-16-9-10-18-11-16;;/h1-2,5-6,13,15-16,18-19H,3-4,7-11H2;2*1H/t13?,15?,16-;;/m1../s1. The minimum absolute atomic E-state index is 0. The molecule has 120 valence electrons. The summed E-state index contributed by atoms with van der Waals surface area (Å²) in [6, 6.07) is 8.44. The number of nitrogens with one attached hydrogen (secondary N) is 2. The fourth-order valence-corrected chi connectivity index (χ4v) is 3.46. The first-order valence-electron chi connectivity index (χ1n) is 7.53. The third-order valence-corrected chi connectivity index (χ3v) is 4.60. The molecule has 1 atom stereocenters. The Bertz CT molecular complexity index is 399. The van der Waals surface area contributed by atoms with E-state index in [0.29, 0.717) is 18.0 Å². The Morgan fingerprint density at radius 3 is 2.14 bits per heavy atom. The molecule has 2 aliphatic rings. The van der Waals surface area contributed by atoms with Crippen molar-refractivity contribution in [3.8, 4) is 0 Å². The molecule has 0 bridgehead atoms. The molecule has 2 fully saturated rings. The van der Waals surface area contributed by atoms with E-state index in [2.05, 4.69) is 10.6 Å². The highest BCUT2D eigenvalue weighted by Gasteiger charge is 2.25. The lowest BCUT2D eigenvalue weighted by Crippen LogP contribution is -2.41. The SMILES string of the molecule is Cl.Cl.Fc1ccc(C2CCC(N[C@@H]3CCNC3)CC2)cc1. The molecule has 1 saturated heterocycles. The Kier molecular flexibility index (Phi) is 7.96. The topological polar surface area (TPSA) is 24.1 Å². The molecule has 1 aliphatic carbocycles. The minimum atomic E-state index is -0.132. The molecular weight excluding hydrogens is 310 g/mol. The summed E-state index contributed by atoms with van der Waals surface area (Å²) in [5, 5.41) is 7.18. The van der Waals surface area contributed by atoms with Gasteiger partial charge < -0.3 is 10.6 Å². The summed E-state index contributed by atoms with van der Waals surface area (Å²) >= 11 is 0. The van der Waals surface area contributed by atoms with Crippen molar-refractivity contribution in [2.75, 3.05) is 13.1 Å². The second-order valence-electron chi connectivity index (χ2n) is 5.96. The van der Waals surface area contributed by atoms with Crippen molar-refractivity contribution >= 4 is 24.8 Å². The van der Waals surface area contributed by atoms with Gasteiger partial charge in [-0.15, -0.1) is 24.8 Å². The monoisotopic (exact) mass is 334 g/mol. The van der Waals surface area contributed by atoms with E-state index in [1.54, 1.807) is 12.1 Å². The second kappa shape index (κ2) is 8.94. The van der Waals surface area contributed by atoms with Gasteiger partial charge in [-0.25, -0.2) is 4.39 Å². The summed E-state index contributed by atoms with van der Waals surface area (Å²) in [5.41, 5.74) is 1.31. The van der Waals surface area contributed by atoms with Gasteiger partial charge in [-0.05, 0) is 62.3 Å². The maximum absolute atomic E-state index is 12.9. The van der Waals surface area contributed by atoms with Gasteiger partial charge >= 0.3 is 0 Å². The highest BCUT2D eigenvalue weighted by atomic mass is 35.5. The van der Waals surface area contributed by atoms with Crippen molar-refractivity contribution in [3.05, 3.63) is 35.6 Å². The third-order valence-electron chi connectivity index (χ3n) is 4.60. The van der Waals surface area contributed by atoms with Crippen LogP contribution in [0.2, 0.25) is 0 Å². The van der Waals surface area contributed by atoms with Crippen LogP contribution in [0.1, 0.15) is 43.6 Å². The second-order valence-corrected chi connectivity index (χ2v) is 5.96. The summed E-state index contributed by atoms with van der Waals surface area (Å²) in [7, 11) is 0. The van der Waals surface area contributed by atoms with Crippen molar-refractivity contribution in [1.82, 2.24) is 10.6 Å². The number of halogens is 3. The van der Waals surface area contributed by atoms with Crippen LogP contribution in [0, 0.1) is 5.82 Å². The van der Waals surface area contributed by atoms with Crippen LogP contribution in [0.25, 0.3) is 0 Å². The normalized spacial score (nSPS) is 28.5. The van der Waals surface area contributed by atoms with Gasteiger partial charge in [-0.1, -0.05) is 12.1 Å². The van der Waals surface area contributed by atoms with E-state index in [-0.39, 0.29) is 30.6 Å². The van der Waals surface area contributed by atoms with Crippen LogP contribution < -0.4 is 10.6 Å². The maximum atomic E-state index is 12.9. The van der Waals surface area contributed by atoms with Gasteiger partial charge in [0.25, 0.3) is 0 Å². The van der Waals surface area contributed by atoms with Crippen molar-refractivity contribution in [2.24, 2.45) is 0 Å². The Labute approximate surface area is 139 Å². The van der Waals surface area contributed by atoms with E-state index in [1.165, 1.54) is 37.7 Å². The van der Waals surface area contributed by atoms with Gasteiger partial charge in [-0.3, -0.25) is 0 Å². The van der Waals surface area contributed by atoms with E-state index in [1.807, 2.05) is 12.1 Å². The molecule has 0 unspecified atom stereocenters. The number of rotatable bonds is 3. The first-order valence-corrected chi connectivity index (χ1v) is 7.53. The van der Waals surface area contributed by atoms with E-state index in [4.69, 9.17) is 0 Å². The van der Waals surface area contributed by atoms with Gasteiger partial charge in [0.2, 0.25) is 0 Å². The molecule has 1 aromatic rings. The van der Waals surface area contributed by atoms with Crippen LogP contribution in [0.3, 0.4) is 0 Å².